The molecule has 0 aliphatic carbocycles. The summed E-state index contributed by atoms with van der Waals surface area (Å²) in [5, 5.41) is 9.37. The summed E-state index contributed by atoms with van der Waals surface area (Å²) in [6.07, 6.45) is 1.89. The van der Waals surface area contributed by atoms with Gasteiger partial charge in [0.05, 0.1) is 5.69 Å². The monoisotopic (exact) mass is 280 g/mol. The molecule has 1 fully saturated rings. The van der Waals surface area contributed by atoms with Crippen molar-refractivity contribution in [2.45, 2.75) is 31.7 Å². The number of carboxylic acid groups (broad SMARTS) is 1. The number of nitrogen functional groups attached to an aromatic ring is 1. The Bertz CT molecular complexity index is 561. The normalized spacial score (nSPS) is 22.6. The Kier molecular flexibility index (Phi) is 3.65. The smallest absolute Gasteiger partial charge is 0.329 e. The van der Waals surface area contributed by atoms with Gasteiger partial charge >= 0.3 is 5.97 Å². The zero-order valence-electron chi connectivity index (χ0n) is 11.2. The SMILES string of the molecule is CC1(C(=O)O)CCCCN1C(=O)c1ccc(N)c(F)c1. The van der Waals surface area contributed by atoms with Crippen LogP contribution in [0.1, 0.15) is 36.5 Å². The average Bonchev–Trinajstić information content (AvgIpc) is 2.41. The number of carboxylic acids is 1. The molecule has 1 aliphatic rings. The second-order valence-corrected chi connectivity index (χ2v) is 5.23. The molecule has 0 aromatic heterocycles. The molecule has 20 heavy (non-hydrogen) atoms. The van der Waals surface area contributed by atoms with Crippen molar-refractivity contribution in [2.24, 2.45) is 0 Å². The maximum Gasteiger partial charge on any atom is 0.329 e. The maximum atomic E-state index is 13.4. The summed E-state index contributed by atoms with van der Waals surface area (Å²) < 4.78 is 13.4. The molecule has 1 atom stereocenters. The van der Waals surface area contributed by atoms with Crippen LogP contribution in [0.3, 0.4) is 0 Å². The molecular weight excluding hydrogens is 263 g/mol. The Balaban J connectivity index is 2.35. The average molecular weight is 280 g/mol. The van der Waals surface area contributed by atoms with Gasteiger partial charge in [-0.05, 0) is 44.4 Å². The standard InChI is InChI=1S/C14H17FN2O3/c1-14(13(19)20)6-2-3-7-17(14)12(18)9-4-5-11(16)10(15)8-9/h4-5,8H,2-3,6-7,16H2,1H3,(H,19,20). The lowest BCUT2D eigenvalue weighted by Crippen LogP contribution is -2.57. The number of carbonyl (C=O) groups is 2. The van der Waals surface area contributed by atoms with Gasteiger partial charge in [-0.25, -0.2) is 9.18 Å². The number of benzene rings is 1. The fraction of sp³-hybridized carbons (Fsp3) is 0.429. The van der Waals surface area contributed by atoms with Crippen LogP contribution in [0.15, 0.2) is 18.2 Å². The molecule has 1 heterocycles. The predicted octanol–water partition coefficient (Wildman–Crippen LogP) is 1.88. The van der Waals surface area contributed by atoms with E-state index >= 15 is 0 Å². The van der Waals surface area contributed by atoms with Crippen molar-refractivity contribution in [1.82, 2.24) is 4.90 Å². The predicted molar refractivity (Wildman–Crippen MR) is 71.7 cm³/mol. The molecule has 0 saturated carbocycles. The zero-order valence-corrected chi connectivity index (χ0v) is 11.2. The van der Waals surface area contributed by atoms with E-state index in [2.05, 4.69) is 0 Å². The number of hydrogen-bond acceptors (Lipinski definition) is 3. The Morgan fingerprint density at radius 2 is 2.10 bits per heavy atom. The van der Waals surface area contributed by atoms with Crippen LogP contribution in [0.5, 0.6) is 0 Å². The molecule has 3 N–H and O–H groups in total. The van der Waals surface area contributed by atoms with Crippen LogP contribution < -0.4 is 5.73 Å². The van der Waals surface area contributed by atoms with Gasteiger partial charge in [-0.15, -0.1) is 0 Å². The van der Waals surface area contributed by atoms with Crippen LogP contribution in [0, 0.1) is 5.82 Å². The number of halogens is 1. The molecule has 1 aromatic carbocycles. The van der Waals surface area contributed by atoms with Gasteiger partial charge in [-0.1, -0.05) is 0 Å². The fourth-order valence-corrected chi connectivity index (χ4v) is 2.48. The van der Waals surface area contributed by atoms with Crippen LogP contribution in [-0.4, -0.2) is 34.0 Å². The molecule has 5 nitrogen and oxygen atoms in total. The third-order valence-corrected chi connectivity index (χ3v) is 3.84. The first-order valence-corrected chi connectivity index (χ1v) is 6.46. The zero-order chi connectivity index (χ0) is 14.9. The van der Waals surface area contributed by atoms with E-state index in [9.17, 15) is 19.1 Å². The van der Waals surface area contributed by atoms with Gasteiger partial charge in [0.1, 0.15) is 11.4 Å². The van der Waals surface area contributed by atoms with Crippen molar-refractivity contribution in [3.8, 4) is 0 Å². The minimum Gasteiger partial charge on any atom is -0.480 e. The summed E-state index contributed by atoms with van der Waals surface area (Å²) in [7, 11) is 0. The lowest BCUT2D eigenvalue weighted by molar-refractivity contribution is -0.150. The minimum absolute atomic E-state index is 0.0406. The summed E-state index contributed by atoms with van der Waals surface area (Å²) in [5.41, 5.74) is 4.21. The quantitative estimate of drug-likeness (QED) is 0.810. The highest BCUT2D eigenvalue weighted by Crippen LogP contribution is 2.30. The fourth-order valence-electron chi connectivity index (χ4n) is 2.48. The molecule has 1 aliphatic heterocycles. The summed E-state index contributed by atoms with van der Waals surface area (Å²) >= 11 is 0. The van der Waals surface area contributed by atoms with Crippen LogP contribution in [-0.2, 0) is 4.79 Å². The van der Waals surface area contributed by atoms with Crippen molar-refractivity contribution >= 4 is 17.6 Å². The van der Waals surface area contributed by atoms with E-state index < -0.39 is 23.2 Å². The van der Waals surface area contributed by atoms with E-state index in [0.29, 0.717) is 13.0 Å². The molecule has 1 unspecified atom stereocenters. The molecule has 0 bridgehead atoms. The highest BCUT2D eigenvalue weighted by Gasteiger charge is 2.44. The second kappa shape index (κ2) is 5.11. The van der Waals surface area contributed by atoms with Crippen molar-refractivity contribution < 1.29 is 19.1 Å². The summed E-state index contributed by atoms with van der Waals surface area (Å²) in [6.45, 7) is 1.88. The Morgan fingerprint density at radius 1 is 1.40 bits per heavy atom. The number of nitrogens with zero attached hydrogens (tertiary/aromatic N) is 1. The van der Waals surface area contributed by atoms with E-state index in [0.717, 1.165) is 18.9 Å². The minimum atomic E-state index is -1.24. The third-order valence-electron chi connectivity index (χ3n) is 3.84. The van der Waals surface area contributed by atoms with Gasteiger partial charge in [-0.3, -0.25) is 4.79 Å². The van der Waals surface area contributed by atoms with Crippen LogP contribution in [0.25, 0.3) is 0 Å². The number of amides is 1. The summed E-state index contributed by atoms with van der Waals surface area (Å²) in [6, 6.07) is 3.77. The molecule has 108 valence electrons. The highest BCUT2D eigenvalue weighted by atomic mass is 19.1. The molecule has 1 aromatic rings. The number of nitrogens with two attached hydrogens (primary N) is 1. The number of carbonyl (C=O) groups excluding carboxylic acids is 1. The van der Waals surface area contributed by atoms with E-state index in [4.69, 9.17) is 5.73 Å². The first-order chi connectivity index (χ1) is 9.36. The van der Waals surface area contributed by atoms with Crippen molar-refractivity contribution in [3.05, 3.63) is 29.6 Å². The first-order valence-electron chi connectivity index (χ1n) is 6.46. The van der Waals surface area contributed by atoms with E-state index in [1.807, 2.05) is 0 Å². The van der Waals surface area contributed by atoms with Crippen molar-refractivity contribution in [1.29, 1.82) is 0 Å². The molecule has 1 amide bonds. The molecule has 0 spiro atoms. The molecule has 0 radical (unpaired) electrons. The van der Waals surface area contributed by atoms with Crippen molar-refractivity contribution in [3.63, 3.8) is 0 Å². The summed E-state index contributed by atoms with van der Waals surface area (Å²) in [5.74, 6) is -2.19. The highest BCUT2D eigenvalue weighted by molar-refractivity contribution is 5.98. The van der Waals surface area contributed by atoms with Crippen LogP contribution >= 0.6 is 0 Å². The molecular formula is C14H17FN2O3. The Labute approximate surface area is 116 Å². The molecule has 1 saturated heterocycles. The van der Waals surface area contributed by atoms with Gasteiger partial charge < -0.3 is 15.7 Å². The van der Waals surface area contributed by atoms with Gasteiger partial charge in [0, 0.05) is 12.1 Å². The Morgan fingerprint density at radius 3 is 2.70 bits per heavy atom. The number of likely N-dealkylation sites (tertiary alicyclic amines) is 1. The van der Waals surface area contributed by atoms with Gasteiger partial charge in [0.2, 0.25) is 0 Å². The summed E-state index contributed by atoms with van der Waals surface area (Å²) in [4.78, 5) is 25.2. The number of anilines is 1. The van der Waals surface area contributed by atoms with E-state index in [1.165, 1.54) is 24.0 Å². The van der Waals surface area contributed by atoms with Gasteiger partial charge in [0.25, 0.3) is 5.91 Å². The largest absolute Gasteiger partial charge is 0.480 e. The van der Waals surface area contributed by atoms with Crippen LogP contribution in [0.4, 0.5) is 10.1 Å². The second-order valence-electron chi connectivity index (χ2n) is 5.23. The van der Waals surface area contributed by atoms with Crippen LogP contribution in [0.2, 0.25) is 0 Å². The number of piperidine rings is 1. The third kappa shape index (κ3) is 2.33. The number of rotatable bonds is 2. The lowest BCUT2D eigenvalue weighted by Gasteiger charge is -2.41. The Hall–Kier alpha value is -2.11. The van der Waals surface area contributed by atoms with E-state index in [1.54, 1.807) is 0 Å². The van der Waals surface area contributed by atoms with Gasteiger partial charge in [-0.2, -0.15) is 0 Å². The lowest BCUT2D eigenvalue weighted by atomic mass is 9.88. The number of hydrogen-bond donors (Lipinski definition) is 2. The van der Waals surface area contributed by atoms with Gasteiger partial charge in [0.15, 0.2) is 0 Å². The topological polar surface area (TPSA) is 83.6 Å². The molecule has 2 rings (SSSR count). The first kappa shape index (κ1) is 14.3. The van der Waals surface area contributed by atoms with E-state index in [-0.39, 0.29) is 11.3 Å². The number of aliphatic carboxylic acids is 1. The maximum absolute atomic E-state index is 13.4. The van der Waals surface area contributed by atoms with Crippen molar-refractivity contribution in [2.75, 3.05) is 12.3 Å². The molecule has 6 heteroatoms.